The zero-order valence-electron chi connectivity index (χ0n) is 9.52. The molecule has 0 bridgehead atoms. The molecule has 2 aliphatic rings. The molecule has 0 radical (unpaired) electrons. The second-order valence-electron chi connectivity index (χ2n) is 4.93. The summed E-state index contributed by atoms with van der Waals surface area (Å²) < 4.78 is 24.8. The molecular formula is C12H15F2N3. The van der Waals surface area contributed by atoms with E-state index in [1.54, 1.807) is 6.33 Å². The summed E-state index contributed by atoms with van der Waals surface area (Å²) in [5, 5.41) is 0. The molecule has 1 saturated carbocycles. The number of hydrogen-bond acceptors (Lipinski definition) is 3. The van der Waals surface area contributed by atoms with Crippen molar-refractivity contribution in [2.75, 3.05) is 18.0 Å². The summed E-state index contributed by atoms with van der Waals surface area (Å²) in [6.07, 6.45) is 2.99. The van der Waals surface area contributed by atoms with E-state index in [1.807, 2.05) is 11.0 Å². The van der Waals surface area contributed by atoms with Gasteiger partial charge in [-0.3, -0.25) is 0 Å². The lowest BCUT2D eigenvalue weighted by atomic mass is 9.83. The normalized spacial score (nSPS) is 21.5. The number of nitrogens with zero attached hydrogens (tertiary/aromatic N) is 3. The first-order chi connectivity index (χ1) is 8.24. The van der Waals surface area contributed by atoms with Gasteiger partial charge >= 0.3 is 0 Å². The van der Waals surface area contributed by atoms with Crippen LogP contribution < -0.4 is 4.90 Å². The van der Waals surface area contributed by atoms with Crippen molar-refractivity contribution in [2.45, 2.75) is 31.6 Å². The highest BCUT2D eigenvalue weighted by atomic mass is 19.3. The first kappa shape index (κ1) is 10.9. The summed E-state index contributed by atoms with van der Waals surface area (Å²) in [4.78, 5) is 10.3. The largest absolute Gasteiger partial charge is 0.355 e. The number of anilines is 1. The van der Waals surface area contributed by atoms with Gasteiger partial charge in [-0.1, -0.05) is 6.42 Å². The molecule has 0 unspecified atom stereocenters. The molecular weight excluding hydrogens is 224 g/mol. The quantitative estimate of drug-likeness (QED) is 0.811. The molecule has 1 saturated heterocycles. The molecule has 1 aromatic rings. The summed E-state index contributed by atoms with van der Waals surface area (Å²) >= 11 is 0. The lowest BCUT2D eigenvalue weighted by Crippen LogP contribution is -2.50. The zero-order valence-corrected chi connectivity index (χ0v) is 9.52. The maximum absolute atomic E-state index is 12.4. The van der Waals surface area contributed by atoms with E-state index in [0.29, 0.717) is 19.0 Å². The summed E-state index contributed by atoms with van der Waals surface area (Å²) in [6.45, 7) is 0.831. The van der Waals surface area contributed by atoms with Crippen LogP contribution >= 0.6 is 0 Å². The molecule has 0 spiro atoms. The predicted octanol–water partition coefficient (Wildman–Crippen LogP) is 2.45. The van der Waals surface area contributed by atoms with Crippen LogP contribution in [0.15, 0.2) is 12.4 Å². The molecule has 0 aromatic carbocycles. The number of alkyl halides is 2. The highest BCUT2D eigenvalue weighted by Gasteiger charge is 2.35. The molecule has 0 N–H and O–H groups in total. The van der Waals surface area contributed by atoms with E-state index in [9.17, 15) is 8.78 Å². The van der Waals surface area contributed by atoms with Gasteiger partial charge in [-0.05, 0) is 12.8 Å². The predicted molar refractivity (Wildman–Crippen MR) is 60.3 cm³/mol. The Morgan fingerprint density at radius 1 is 1.24 bits per heavy atom. The van der Waals surface area contributed by atoms with Crippen LogP contribution in [0.4, 0.5) is 14.6 Å². The lowest BCUT2D eigenvalue weighted by molar-refractivity contribution is 0.0611. The van der Waals surface area contributed by atoms with Gasteiger partial charge in [0.1, 0.15) is 12.1 Å². The van der Waals surface area contributed by atoms with Crippen molar-refractivity contribution in [3.05, 3.63) is 18.1 Å². The molecule has 5 heteroatoms. The maximum atomic E-state index is 12.4. The van der Waals surface area contributed by atoms with E-state index >= 15 is 0 Å². The molecule has 3 nitrogen and oxygen atoms in total. The molecule has 1 aromatic heterocycles. The second-order valence-corrected chi connectivity index (χ2v) is 4.93. The highest BCUT2D eigenvalue weighted by molar-refractivity contribution is 5.43. The van der Waals surface area contributed by atoms with E-state index in [1.165, 1.54) is 19.3 Å². The van der Waals surface area contributed by atoms with Crippen LogP contribution in [0.3, 0.4) is 0 Å². The van der Waals surface area contributed by atoms with Crippen LogP contribution in [0.2, 0.25) is 0 Å². The molecule has 3 rings (SSSR count). The average Bonchev–Trinajstić information content (AvgIpc) is 2.12. The summed E-state index contributed by atoms with van der Waals surface area (Å²) in [7, 11) is 0. The van der Waals surface area contributed by atoms with E-state index in [-0.39, 0.29) is 0 Å². The summed E-state index contributed by atoms with van der Waals surface area (Å²) in [6, 6.07) is 1.96. The smallest absolute Gasteiger partial charge is 0.244 e. The summed E-state index contributed by atoms with van der Waals surface area (Å²) in [5.74, 6) is 0.875. The topological polar surface area (TPSA) is 29.0 Å². The van der Waals surface area contributed by atoms with Crippen molar-refractivity contribution >= 4 is 5.82 Å². The Hall–Kier alpha value is -1.26. The average molecular weight is 239 g/mol. The van der Waals surface area contributed by atoms with E-state index in [4.69, 9.17) is 0 Å². The van der Waals surface area contributed by atoms with Gasteiger partial charge in [0, 0.05) is 30.8 Å². The molecule has 92 valence electrons. The number of aromatic nitrogens is 2. The molecule has 0 atom stereocenters. The molecule has 0 amide bonds. The standard InChI is InChI=1S/C12H15F2N3/c13-12(14)9-5-17(6-9)11-4-10(15-7-16-11)8-2-1-3-8/h4,7-9,12H,1-3,5-6H2. The maximum Gasteiger partial charge on any atom is 0.244 e. The third-order valence-corrected chi connectivity index (χ3v) is 3.79. The van der Waals surface area contributed by atoms with Gasteiger partial charge in [-0.15, -0.1) is 0 Å². The Balaban J connectivity index is 1.67. The van der Waals surface area contributed by atoms with Gasteiger partial charge in [0.05, 0.1) is 5.92 Å². The van der Waals surface area contributed by atoms with Crippen molar-refractivity contribution in [1.82, 2.24) is 9.97 Å². The first-order valence-corrected chi connectivity index (χ1v) is 6.09. The molecule has 1 aliphatic carbocycles. The molecule has 17 heavy (non-hydrogen) atoms. The van der Waals surface area contributed by atoms with Crippen LogP contribution in [-0.2, 0) is 0 Å². The van der Waals surface area contributed by atoms with E-state index < -0.39 is 12.3 Å². The fraction of sp³-hybridized carbons (Fsp3) is 0.667. The van der Waals surface area contributed by atoms with Gasteiger partial charge in [-0.25, -0.2) is 18.7 Å². The van der Waals surface area contributed by atoms with Crippen LogP contribution in [0, 0.1) is 5.92 Å². The van der Waals surface area contributed by atoms with Gasteiger partial charge < -0.3 is 4.90 Å². The van der Waals surface area contributed by atoms with Crippen molar-refractivity contribution in [1.29, 1.82) is 0 Å². The summed E-state index contributed by atoms with van der Waals surface area (Å²) in [5.41, 5.74) is 1.07. The Labute approximate surface area is 98.9 Å². The number of rotatable bonds is 3. The minimum atomic E-state index is -2.21. The van der Waals surface area contributed by atoms with E-state index in [2.05, 4.69) is 9.97 Å². The van der Waals surface area contributed by atoms with Crippen LogP contribution in [0.5, 0.6) is 0 Å². The molecule has 2 heterocycles. The van der Waals surface area contributed by atoms with Gasteiger partial charge in [-0.2, -0.15) is 0 Å². The second kappa shape index (κ2) is 4.20. The number of halogens is 2. The van der Waals surface area contributed by atoms with Crippen molar-refractivity contribution in [2.24, 2.45) is 5.92 Å². The van der Waals surface area contributed by atoms with Crippen molar-refractivity contribution < 1.29 is 8.78 Å². The molecule has 2 fully saturated rings. The Kier molecular flexibility index (Phi) is 2.68. The van der Waals surface area contributed by atoms with Crippen LogP contribution in [-0.4, -0.2) is 29.5 Å². The Bertz CT molecular complexity index is 400. The first-order valence-electron chi connectivity index (χ1n) is 6.09. The van der Waals surface area contributed by atoms with Crippen LogP contribution in [0.1, 0.15) is 30.9 Å². The van der Waals surface area contributed by atoms with Gasteiger partial charge in [0.15, 0.2) is 0 Å². The third-order valence-electron chi connectivity index (χ3n) is 3.79. The van der Waals surface area contributed by atoms with Gasteiger partial charge in [0.25, 0.3) is 0 Å². The monoisotopic (exact) mass is 239 g/mol. The molecule has 1 aliphatic heterocycles. The zero-order chi connectivity index (χ0) is 11.8. The highest BCUT2D eigenvalue weighted by Crippen LogP contribution is 2.36. The van der Waals surface area contributed by atoms with Gasteiger partial charge in [0.2, 0.25) is 6.43 Å². The fourth-order valence-electron chi connectivity index (χ4n) is 2.32. The van der Waals surface area contributed by atoms with E-state index in [0.717, 1.165) is 11.5 Å². The lowest BCUT2D eigenvalue weighted by Gasteiger charge is -2.39. The van der Waals surface area contributed by atoms with Crippen LogP contribution in [0.25, 0.3) is 0 Å². The Morgan fingerprint density at radius 3 is 2.59 bits per heavy atom. The van der Waals surface area contributed by atoms with Crippen molar-refractivity contribution in [3.63, 3.8) is 0 Å². The fourth-order valence-corrected chi connectivity index (χ4v) is 2.32. The van der Waals surface area contributed by atoms with Crippen molar-refractivity contribution in [3.8, 4) is 0 Å². The minimum Gasteiger partial charge on any atom is -0.355 e. The SMILES string of the molecule is FC(F)C1CN(c2cc(C3CCC3)ncn2)C1. The Morgan fingerprint density at radius 2 is 2.00 bits per heavy atom. The number of hydrogen-bond donors (Lipinski definition) is 0. The minimum absolute atomic E-state index is 0.415. The third kappa shape index (κ3) is 1.98.